The summed E-state index contributed by atoms with van der Waals surface area (Å²) in [5.41, 5.74) is 6.44. The van der Waals surface area contributed by atoms with Gasteiger partial charge in [0, 0.05) is 30.3 Å². The van der Waals surface area contributed by atoms with Gasteiger partial charge >= 0.3 is 0 Å². The minimum absolute atomic E-state index is 0.169. The van der Waals surface area contributed by atoms with E-state index in [0.717, 1.165) is 33.5 Å². The Bertz CT molecular complexity index is 1230. The Kier molecular flexibility index (Phi) is 6.81. The summed E-state index contributed by atoms with van der Waals surface area (Å²) in [4.78, 5) is 16.7. The van der Waals surface area contributed by atoms with Gasteiger partial charge in [0.15, 0.2) is 5.78 Å². The number of hydrogen-bond donors (Lipinski definition) is 1. The van der Waals surface area contributed by atoms with E-state index >= 15 is 0 Å². The van der Waals surface area contributed by atoms with Crippen LogP contribution in [0.2, 0.25) is 0 Å². The maximum Gasteiger partial charge on any atom is 0.150 e. The largest absolute Gasteiger partial charge is 0.306 e. The molecule has 1 aromatic heterocycles. The van der Waals surface area contributed by atoms with Gasteiger partial charge in [0.2, 0.25) is 0 Å². The van der Waals surface area contributed by atoms with Crippen molar-refractivity contribution in [3.8, 4) is 28.5 Å². The lowest BCUT2D eigenvalue weighted by atomic mass is 9.97. The van der Waals surface area contributed by atoms with Crippen molar-refractivity contribution < 1.29 is 4.79 Å². The van der Waals surface area contributed by atoms with Gasteiger partial charge in [0.25, 0.3) is 0 Å². The van der Waals surface area contributed by atoms with Crippen LogP contribution in [0.5, 0.6) is 0 Å². The Morgan fingerprint density at radius 1 is 0.844 bits per heavy atom. The Balaban J connectivity index is 1.43. The fraction of sp³-hybridized carbons (Fsp3) is 0.107. The molecule has 4 aromatic rings. The van der Waals surface area contributed by atoms with Crippen LogP contribution in [-0.4, -0.2) is 17.3 Å². The first-order chi connectivity index (χ1) is 15.7. The van der Waals surface area contributed by atoms with E-state index in [1.807, 2.05) is 91.0 Å². The first kappa shape index (κ1) is 21.2. The Labute approximate surface area is 188 Å². The maximum absolute atomic E-state index is 12.2. The van der Waals surface area contributed by atoms with Crippen molar-refractivity contribution in [1.82, 2.24) is 10.3 Å². The van der Waals surface area contributed by atoms with E-state index in [9.17, 15) is 10.1 Å². The molecule has 0 aliphatic heterocycles. The molecule has 4 rings (SSSR count). The smallest absolute Gasteiger partial charge is 0.150 e. The number of pyridine rings is 1. The fourth-order valence-electron chi connectivity index (χ4n) is 3.61. The van der Waals surface area contributed by atoms with Gasteiger partial charge in [-0.1, -0.05) is 84.9 Å². The molecule has 4 nitrogen and oxygen atoms in total. The SMILES string of the molecule is N#Cc1cnc(-c2ccc(CNCC(=O)Cc3ccccc3)cc2)c(-c2ccccc2)c1. The summed E-state index contributed by atoms with van der Waals surface area (Å²) in [6.45, 7) is 0.957. The molecule has 0 radical (unpaired) electrons. The van der Waals surface area contributed by atoms with Crippen LogP contribution in [-0.2, 0) is 17.8 Å². The maximum atomic E-state index is 12.2. The molecule has 0 unspecified atom stereocenters. The predicted molar refractivity (Wildman–Crippen MR) is 127 cm³/mol. The van der Waals surface area contributed by atoms with Gasteiger partial charge in [-0.2, -0.15) is 5.26 Å². The molecule has 32 heavy (non-hydrogen) atoms. The minimum Gasteiger partial charge on any atom is -0.306 e. The van der Waals surface area contributed by atoms with Crippen LogP contribution in [0.15, 0.2) is 97.2 Å². The first-order valence-corrected chi connectivity index (χ1v) is 10.5. The Morgan fingerprint density at radius 2 is 1.53 bits per heavy atom. The van der Waals surface area contributed by atoms with Gasteiger partial charge in [-0.25, -0.2) is 0 Å². The highest BCUT2D eigenvalue weighted by atomic mass is 16.1. The number of Topliss-reactive ketones (excluding diaryl/α,β-unsaturated/α-hetero) is 1. The summed E-state index contributed by atoms with van der Waals surface area (Å²) < 4.78 is 0. The number of aromatic nitrogens is 1. The van der Waals surface area contributed by atoms with Gasteiger partial charge in [-0.15, -0.1) is 0 Å². The van der Waals surface area contributed by atoms with Crippen molar-refractivity contribution in [2.75, 3.05) is 6.54 Å². The standard InChI is InChI=1S/C28H23N3O/c29-17-23-16-27(24-9-5-2-6-10-24)28(31-19-23)25-13-11-22(12-14-25)18-30-20-26(32)15-21-7-3-1-4-8-21/h1-14,16,19,30H,15,18,20H2. The summed E-state index contributed by atoms with van der Waals surface area (Å²) in [7, 11) is 0. The highest BCUT2D eigenvalue weighted by Gasteiger charge is 2.11. The summed E-state index contributed by atoms with van der Waals surface area (Å²) in [5.74, 6) is 0.169. The zero-order chi connectivity index (χ0) is 22.2. The zero-order valence-corrected chi connectivity index (χ0v) is 17.7. The van der Waals surface area contributed by atoms with Crippen LogP contribution < -0.4 is 5.32 Å². The van der Waals surface area contributed by atoms with E-state index in [1.54, 1.807) is 6.20 Å². The molecule has 1 N–H and O–H groups in total. The molecule has 0 saturated heterocycles. The lowest BCUT2D eigenvalue weighted by Crippen LogP contribution is -2.23. The van der Waals surface area contributed by atoms with Crippen LogP contribution in [0.4, 0.5) is 0 Å². The quantitative estimate of drug-likeness (QED) is 0.429. The van der Waals surface area contributed by atoms with Gasteiger partial charge in [0.1, 0.15) is 6.07 Å². The molecule has 0 spiro atoms. The van der Waals surface area contributed by atoms with Crippen molar-refractivity contribution in [2.24, 2.45) is 0 Å². The molecule has 0 atom stereocenters. The van der Waals surface area contributed by atoms with Gasteiger partial charge in [-0.05, 0) is 22.8 Å². The molecular formula is C28H23N3O. The average molecular weight is 418 g/mol. The van der Waals surface area contributed by atoms with E-state index in [0.29, 0.717) is 25.1 Å². The third-order valence-corrected chi connectivity index (χ3v) is 5.22. The van der Waals surface area contributed by atoms with E-state index < -0.39 is 0 Å². The highest BCUT2D eigenvalue weighted by molar-refractivity contribution is 5.83. The summed E-state index contributed by atoms with van der Waals surface area (Å²) in [6, 6.07) is 32.0. The molecule has 3 aromatic carbocycles. The van der Waals surface area contributed by atoms with Gasteiger partial charge in [-0.3, -0.25) is 9.78 Å². The Morgan fingerprint density at radius 3 is 2.22 bits per heavy atom. The van der Waals surface area contributed by atoms with E-state index in [2.05, 4.69) is 16.4 Å². The third-order valence-electron chi connectivity index (χ3n) is 5.22. The van der Waals surface area contributed by atoms with Crippen molar-refractivity contribution in [2.45, 2.75) is 13.0 Å². The molecule has 156 valence electrons. The monoisotopic (exact) mass is 417 g/mol. The second-order valence-corrected chi connectivity index (χ2v) is 7.60. The van der Waals surface area contributed by atoms with Crippen LogP contribution in [0.25, 0.3) is 22.4 Å². The number of hydrogen-bond acceptors (Lipinski definition) is 4. The summed E-state index contributed by atoms with van der Waals surface area (Å²) >= 11 is 0. The van der Waals surface area contributed by atoms with Crippen molar-refractivity contribution >= 4 is 5.78 Å². The van der Waals surface area contributed by atoms with Crippen molar-refractivity contribution in [3.63, 3.8) is 0 Å². The second kappa shape index (κ2) is 10.3. The van der Waals surface area contributed by atoms with E-state index in [1.165, 1.54) is 0 Å². The number of benzene rings is 3. The second-order valence-electron chi connectivity index (χ2n) is 7.60. The van der Waals surface area contributed by atoms with Gasteiger partial charge < -0.3 is 5.32 Å². The number of nitrogens with one attached hydrogen (secondary N) is 1. The molecule has 0 amide bonds. The van der Waals surface area contributed by atoms with Gasteiger partial charge in [0.05, 0.1) is 17.8 Å². The van der Waals surface area contributed by atoms with Crippen LogP contribution in [0.3, 0.4) is 0 Å². The summed E-state index contributed by atoms with van der Waals surface area (Å²) in [6.07, 6.45) is 2.05. The Hall–Kier alpha value is -4.07. The normalized spacial score (nSPS) is 10.5. The number of nitrogens with zero attached hydrogens (tertiary/aromatic N) is 2. The molecule has 0 bridgehead atoms. The molecule has 4 heteroatoms. The number of rotatable bonds is 8. The summed E-state index contributed by atoms with van der Waals surface area (Å²) in [5, 5.41) is 12.5. The first-order valence-electron chi connectivity index (χ1n) is 10.5. The highest BCUT2D eigenvalue weighted by Crippen LogP contribution is 2.31. The van der Waals surface area contributed by atoms with Crippen LogP contribution in [0, 0.1) is 11.3 Å². The van der Waals surface area contributed by atoms with Crippen LogP contribution >= 0.6 is 0 Å². The van der Waals surface area contributed by atoms with E-state index in [4.69, 9.17) is 0 Å². The third kappa shape index (κ3) is 5.34. The average Bonchev–Trinajstić information content (AvgIpc) is 2.85. The molecule has 1 heterocycles. The number of ketones is 1. The topological polar surface area (TPSA) is 65.8 Å². The molecular weight excluding hydrogens is 394 g/mol. The number of carbonyl (C=O) groups excluding carboxylic acids is 1. The lowest BCUT2D eigenvalue weighted by Gasteiger charge is -2.11. The fourth-order valence-corrected chi connectivity index (χ4v) is 3.61. The molecule has 0 fully saturated rings. The van der Waals surface area contributed by atoms with E-state index in [-0.39, 0.29) is 5.78 Å². The molecule has 0 aliphatic rings. The number of carbonyl (C=O) groups is 1. The lowest BCUT2D eigenvalue weighted by molar-refractivity contribution is -0.117. The van der Waals surface area contributed by atoms with Crippen molar-refractivity contribution in [3.05, 3.63) is 114 Å². The predicted octanol–water partition coefficient (Wildman–Crippen LogP) is 5.19. The molecule has 0 saturated carbocycles. The van der Waals surface area contributed by atoms with Crippen LogP contribution in [0.1, 0.15) is 16.7 Å². The zero-order valence-electron chi connectivity index (χ0n) is 17.7. The molecule has 0 aliphatic carbocycles. The number of nitriles is 1. The van der Waals surface area contributed by atoms with Crippen molar-refractivity contribution in [1.29, 1.82) is 5.26 Å². The minimum atomic E-state index is 0.169.